The fraction of sp³-hybridized carbons (Fsp3) is 0.297. The summed E-state index contributed by atoms with van der Waals surface area (Å²) in [5.74, 6) is -1.36. The Morgan fingerprint density at radius 3 is 2.04 bits per heavy atom. The van der Waals surface area contributed by atoms with E-state index in [9.17, 15) is 22.4 Å². The summed E-state index contributed by atoms with van der Waals surface area (Å²) >= 11 is 0. The molecule has 4 aromatic carbocycles. The van der Waals surface area contributed by atoms with Crippen LogP contribution in [0.5, 0.6) is 0 Å². The number of rotatable bonds is 12. The predicted molar refractivity (Wildman–Crippen MR) is 178 cm³/mol. The molecule has 1 saturated carbocycles. The fourth-order valence-electron chi connectivity index (χ4n) is 5.85. The van der Waals surface area contributed by atoms with E-state index in [1.54, 1.807) is 30.3 Å². The number of hydrogen-bond donors (Lipinski definition) is 1. The number of carbonyl (C=O) groups is 2. The number of aryl methyl sites for hydroxylation is 1. The summed E-state index contributed by atoms with van der Waals surface area (Å²) in [7, 11) is -4.29. The number of carbonyl (C=O) groups excluding carboxylic acids is 2. The molecule has 0 radical (unpaired) electrons. The molecule has 2 amide bonds. The van der Waals surface area contributed by atoms with Gasteiger partial charge in [-0.15, -0.1) is 0 Å². The van der Waals surface area contributed by atoms with Gasteiger partial charge in [0.25, 0.3) is 10.0 Å². The third-order valence-electron chi connectivity index (χ3n) is 8.42. The number of hydrogen-bond acceptors (Lipinski definition) is 4. The second-order valence-electron chi connectivity index (χ2n) is 11.9. The number of nitrogens with zero attached hydrogens (tertiary/aromatic N) is 2. The molecule has 46 heavy (non-hydrogen) atoms. The molecule has 7 nitrogen and oxygen atoms in total. The highest BCUT2D eigenvalue weighted by Crippen LogP contribution is 2.26. The van der Waals surface area contributed by atoms with E-state index in [0.717, 1.165) is 65.2 Å². The molecule has 5 rings (SSSR count). The third kappa shape index (κ3) is 8.40. The first kappa shape index (κ1) is 32.9. The number of nitrogens with one attached hydrogen (secondary N) is 1. The van der Waals surface area contributed by atoms with Gasteiger partial charge in [0.2, 0.25) is 11.8 Å². The standard InChI is InChI=1S/C37H40FN3O4S/c1-28-17-19-30(20-18-28)26-40(35(25-29-11-5-2-6-12-29)37(43)39-32-13-7-3-8-14-32)36(42)27-41(33-15-9-4-10-16-33)46(44,45)34-23-21-31(38)22-24-34/h2,4-6,9-12,15-24,32,35H,3,7-8,13-14,25-27H2,1H3,(H,39,43)/t35-/m1/s1. The van der Waals surface area contributed by atoms with Crippen molar-refractivity contribution in [2.45, 2.75) is 69.0 Å². The Kier molecular flexibility index (Phi) is 10.9. The average molecular weight is 642 g/mol. The van der Waals surface area contributed by atoms with Gasteiger partial charge in [-0.1, -0.05) is 97.6 Å². The van der Waals surface area contributed by atoms with E-state index in [1.165, 1.54) is 17.0 Å². The van der Waals surface area contributed by atoms with Crippen molar-refractivity contribution in [1.29, 1.82) is 0 Å². The van der Waals surface area contributed by atoms with E-state index in [2.05, 4.69) is 5.32 Å². The minimum absolute atomic E-state index is 0.0236. The molecule has 240 valence electrons. The molecule has 0 spiro atoms. The summed E-state index contributed by atoms with van der Waals surface area (Å²) in [6.07, 6.45) is 5.23. The maximum absolute atomic E-state index is 14.5. The first-order valence-corrected chi connectivity index (χ1v) is 17.2. The Morgan fingerprint density at radius 2 is 1.41 bits per heavy atom. The van der Waals surface area contributed by atoms with Crippen LogP contribution in [0.4, 0.5) is 10.1 Å². The molecule has 1 N–H and O–H groups in total. The fourth-order valence-corrected chi connectivity index (χ4v) is 7.26. The van der Waals surface area contributed by atoms with E-state index >= 15 is 0 Å². The Labute approximate surface area is 271 Å². The molecule has 1 atom stereocenters. The maximum Gasteiger partial charge on any atom is 0.264 e. The van der Waals surface area contributed by atoms with E-state index in [-0.39, 0.29) is 35.5 Å². The van der Waals surface area contributed by atoms with Gasteiger partial charge in [0.1, 0.15) is 18.4 Å². The Bertz CT molecular complexity index is 1690. The number of sulfonamides is 1. The van der Waals surface area contributed by atoms with Crippen LogP contribution in [-0.2, 0) is 32.6 Å². The molecule has 0 saturated heterocycles. The highest BCUT2D eigenvalue weighted by atomic mass is 32.2. The van der Waals surface area contributed by atoms with Gasteiger partial charge in [0, 0.05) is 19.0 Å². The number of halogens is 1. The summed E-state index contributed by atoms with van der Waals surface area (Å²) in [5.41, 5.74) is 3.03. The van der Waals surface area contributed by atoms with Gasteiger partial charge in [-0.3, -0.25) is 13.9 Å². The number of amides is 2. The number of para-hydroxylation sites is 1. The van der Waals surface area contributed by atoms with E-state index in [1.807, 2.05) is 61.5 Å². The van der Waals surface area contributed by atoms with Crippen molar-refractivity contribution in [3.05, 3.63) is 132 Å². The second kappa shape index (κ2) is 15.2. The van der Waals surface area contributed by atoms with Gasteiger partial charge in [0.05, 0.1) is 10.6 Å². The Hall–Kier alpha value is -4.50. The molecule has 0 unspecified atom stereocenters. The summed E-state index contributed by atoms with van der Waals surface area (Å²) in [6.45, 7) is 1.52. The number of anilines is 1. The summed E-state index contributed by atoms with van der Waals surface area (Å²) in [4.78, 5) is 30.0. The van der Waals surface area contributed by atoms with Crippen molar-refractivity contribution < 1.29 is 22.4 Å². The molecule has 0 aromatic heterocycles. The van der Waals surface area contributed by atoms with E-state index in [0.29, 0.717) is 0 Å². The lowest BCUT2D eigenvalue weighted by molar-refractivity contribution is -0.140. The van der Waals surface area contributed by atoms with Gasteiger partial charge in [-0.2, -0.15) is 0 Å². The highest BCUT2D eigenvalue weighted by molar-refractivity contribution is 7.92. The van der Waals surface area contributed by atoms with Gasteiger partial charge in [0.15, 0.2) is 0 Å². The van der Waals surface area contributed by atoms with Crippen LogP contribution in [0.3, 0.4) is 0 Å². The van der Waals surface area contributed by atoms with Crippen LogP contribution in [0.15, 0.2) is 114 Å². The van der Waals surface area contributed by atoms with Crippen molar-refractivity contribution in [3.8, 4) is 0 Å². The zero-order valence-corrected chi connectivity index (χ0v) is 26.8. The van der Waals surface area contributed by atoms with Crippen molar-refractivity contribution >= 4 is 27.5 Å². The normalized spacial score (nSPS) is 14.3. The largest absolute Gasteiger partial charge is 0.352 e. The molecule has 0 bridgehead atoms. The predicted octanol–water partition coefficient (Wildman–Crippen LogP) is 6.42. The van der Waals surface area contributed by atoms with E-state index in [4.69, 9.17) is 0 Å². The van der Waals surface area contributed by atoms with Gasteiger partial charge in [-0.25, -0.2) is 12.8 Å². The Morgan fingerprint density at radius 1 is 0.804 bits per heavy atom. The lowest BCUT2D eigenvalue weighted by atomic mass is 9.94. The topological polar surface area (TPSA) is 86.8 Å². The zero-order chi connectivity index (χ0) is 32.5. The molecule has 1 aliphatic rings. The van der Waals surface area contributed by atoms with E-state index < -0.39 is 34.3 Å². The van der Waals surface area contributed by atoms with Crippen LogP contribution in [0.1, 0.15) is 48.8 Å². The molecule has 1 fully saturated rings. The average Bonchev–Trinajstić information content (AvgIpc) is 3.07. The van der Waals surface area contributed by atoms with Crippen LogP contribution in [0, 0.1) is 12.7 Å². The zero-order valence-electron chi connectivity index (χ0n) is 26.0. The van der Waals surface area contributed by atoms with Gasteiger partial charge in [-0.05, 0) is 67.3 Å². The summed E-state index contributed by atoms with van der Waals surface area (Å²) in [5, 5.41) is 3.22. The lowest BCUT2D eigenvalue weighted by Gasteiger charge is -2.35. The highest BCUT2D eigenvalue weighted by Gasteiger charge is 2.35. The van der Waals surface area contributed by atoms with Crippen LogP contribution in [-0.4, -0.2) is 43.8 Å². The summed E-state index contributed by atoms with van der Waals surface area (Å²) in [6, 6.07) is 29.2. The van der Waals surface area contributed by atoms with Crippen LogP contribution >= 0.6 is 0 Å². The molecule has 0 heterocycles. The van der Waals surface area contributed by atoms with Crippen molar-refractivity contribution in [3.63, 3.8) is 0 Å². The molecule has 1 aliphatic carbocycles. The maximum atomic E-state index is 14.5. The molecular weight excluding hydrogens is 601 g/mol. The molecule has 0 aliphatic heterocycles. The number of benzene rings is 4. The first-order valence-electron chi connectivity index (χ1n) is 15.7. The SMILES string of the molecule is Cc1ccc(CN(C(=O)CN(c2ccccc2)S(=O)(=O)c2ccc(F)cc2)[C@H](Cc2ccccc2)C(=O)NC2CCCCC2)cc1. The van der Waals surface area contributed by atoms with Crippen LogP contribution in [0.2, 0.25) is 0 Å². The van der Waals surface area contributed by atoms with Gasteiger partial charge >= 0.3 is 0 Å². The minimum Gasteiger partial charge on any atom is -0.352 e. The smallest absolute Gasteiger partial charge is 0.264 e. The quantitative estimate of drug-likeness (QED) is 0.194. The van der Waals surface area contributed by atoms with Crippen molar-refractivity contribution in [2.24, 2.45) is 0 Å². The van der Waals surface area contributed by atoms with Crippen molar-refractivity contribution in [1.82, 2.24) is 10.2 Å². The van der Waals surface area contributed by atoms with Crippen molar-refractivity contribution in [2.75, 3.05) is 10.8 Å². The molecule has 4 aromatic rings. The molecule has 9 heteroatoms. The minimum atomic E-state index is -4.29. The third-order valence-corrected chi connectivity index (χ3v) is 10.2. The van der Waals surface area contributed by atoms with Crippen LogP contribution in [0.25, 0.3) is 0 Å². The lowest BCUT2D eigenvalue weighted by Crippen LogP contribution is -2.55. The second-order valence-corrected chi connectivity index (χ2v) is 13.7. The van der Waals surface area contributed by atoms with Gasteiger partial charge < -0.3 is 10.2 Å². The Balaban J connectivity index is 1.54. The monoisotopic (exact) mass is 641 g/mol. The van der Waals surface area contributed by atoms with Crippen LogP contribution < -0.4 is 9.62 Å². The first-order chi connectivity index (χ1) is 22.2. The molecular formula is C37H40FN3O4S. The summed E-state index contributed by atoms with van der Waals surface area (Å²) < 4.78 is 42.8.